The minimum Gasteiger partial charge on any atom is -0.508 e. The molecule has 0 radical (unpaired) electrons. The number of unbranched alkanes of at least 4 members (excludes halogenated alkanes) is 2. The van der Waals surface area contributed by atoms with Crippen LogP contribution in [0.25, 0.3) is 0 Å². The maximum atomic E-state index is 14.8. The van der Waals surface area contributed by atoms with Crippen LogP contribution in [-0.2, 0) is 58.0 Å². The number of ether oxygens (including phenoxy) is 1. The summed E-state index contributed by atoms with van der Waals surface area (Å²) in [6.07, 6.45) is 3.63. The molecule has 3 heterocycles. The van der Waals surface area contributed by atoms with Gasteiger partial charge in [0.15, 0.2) is 5.96 Å². The number of amides is 7. The van der Waals surface area contributed by atoms with Crippen LogP contribution in [0.3, 0.4) is 0 Å². The maximum absolute atomic E-state index is 14.8. The van der Waals surface area contributed by atoms with E-state index in [2.05, 4.69) is 41.8 Å². The summed E-state index contributed by atoms with van der Waals surface area (Å²) in [5.74, 6) is -7.11. The molecule has 31 heteroatoms. The van der Waals surface area contributed by atoms with Crippen LogP contribution in [0.4, 0.5) is 13.6 Å². The summed E-state index contributed by atoms with van der Waals surface area (Å²) in [5.41, 5.74) is 8.12. The van der Waals surface area contributed by atoms with E-state index >= 15 is 0 Å². The number of phenols is 1. The molecule has 3 aliphatic rings. The lowest BCUT2D eigenvalue weighted by molar-refractivity contribution is -0.140. The minimum atomic E-state index is -1.23. The molecule has 2 saturated heterocycles. The molecule has 0 spiro atoms. The number of nitrogens with two attached hydrogens (primary N) is 1. The molecular formula is C64H93F2N15O14. The van der Waals surface area contributed by atoms with Crippen LogP contribution < -0.4 is 42.4 Å². The molecule has 522 valence electrons. The summed E-state index contributed by atoms with van der Waals surface area (Å²) in [4.78, 5) is 130. The molecule has 0 bridgehead atoms. The number of hydrogen-bond donors (Lipinski definition) is 11. The number of halogens is 2. The average Bonchev–Trinajstić information content (AvgIpc) is 1.69. The number of phenolic OH excluding ortho intramolecular Hbond substituents is 1. The van der Waals surface area contributed by atoms with Gasteiger partial charge in [-0.05, 0) is 60.9 Å². The number of carbonyl (C=O) groups excluding carboxylic acids is 6. The zero-order valence-corrected chi connectivity index (χ0v) is 54.0. The highest BCUT2D eigenvalue weighted by Crippen LogP contribution is 2.33. The number of carboxylic acids is 3. The Morgan fingerprint density at radius 2 is 1.12 bits per heavy atom. The number of guanidine groups is 1. The molecule has 6 rings (SSSR count). The summed E-state index contributed by atoms with van der Waals surface area (Å²) in [7, 11) is 0. The van der Waals surface area contributed by atoms with Crippen molar-refractivity contribution in [3.63, 3.8) is 0 Å². The zero-order valence-electron chi connectivity index (χ0n) is 54.0. The quantitative estimate of drug-likeness (QED) is 0.0220. The number of aliphatic imine (C=N–C) groups is 1. The predicted molar refractivity (Wildman–Crippen MR) is 346 cm³/mol. The summed E-state index contributed by atoms with van der Waals surface area (Å²) in [6, 6.07) is 13.5. The van der Waals surface area contributed by atoms with Crippen LogP contribution in [0, 0.1) is 11.6 Å². The van der Waals surface area contributed by atoms with Crippen molar-refractivity contribution in [2.75, 3.05) is 144 Å². The van der Waals surface area contributed by atoms with Gasteiger partial charge < -0.3 is 67.7 Å². The number of aliphatic carboxylic acids is 3. The molecule has 0 aromatic heterocycles. The smallest absolute Gasteiger partial charge is 0.344 e. The lowest BCUT2D eigenvalue weighted by Crippen LogP contribution is -2.50. The van der Waals surface area contributed by atoms with Gasteiger partial charge in [0.05, 0.1) is 32.8 Å². The number of carboxylic acid groups (broad SMARTS) is 3. The monoisotopic (exact) mass is 1330 g/mol. The average molecular weight is 1330 g/mol. The first-order valence-corrected chi connectivity index (χ1v) is 32.4. The normalized spacial score (nSPS) is 16.5. The third-order valence-electron chi connectivity index (χ3n) is 16.5. The first-order chi connectivity index (χ1) is 45.6. The Kier molecular flexibility index (Phi) is 31.7. The van der Waals surface area contributed by atoms with E-state index in [1.54, 1.807) is 45.9 Å². The number of piperazine rings is 1. The molecule has 7 amide bonds. The third-order valence-corrected chi connectivity index (χ3v) is 16.5. The second kappa shape index (κ2) is 39.9. The Bertz CT molecular complexity index is 2990. The topological polar surface area (TPSA) is 377 Å². The zero-order chi connectivity index (χ0) is 68.7. The predicted octanol–water partition coefficient (Wildman–Crippen LogP) is 0.514. The maximum Gasteiger partial charge on any atom is 0.344 e. The van der Waals surface area contributed by atoms with E-state index in [9.17, 15) is 72.4 Å². The number of rotatable bonds is 34. The highest BCUT2D eigenvalue weighted by Gasteiger charge is 2.35. The van der Waals surface area contributed by atoms with Gasteiger partial charge in [-0.3, -0.25) is 67.8 Å². The van der Waals surface area contributed by atoms with Crippen molar-refractivity contribution in [1.82, 2.24) is 66.2 Å². The Hall–Kier alpha value is -8.62. The van der Waals surface area contributed by atoms with E-state index in [1.807, 2.05) is 39.0 Å². The standard InChI is InChI=1S/C64H93F2N15O14/c1-2-54(83)69-20-21-71-64(94)74-63(67)70-19-8-12-53(61(92)72-38-50-51(65)36-48(82)37-52(50)66)73-62(93)60(81-39-46-10-5-6-11-47(46)40-81)45-14-16-49(17-15-45)95-35-9-22-75-31-33-80(34-32-75)56(85)13-4-3-7-18-68-55(84)41-76-23-25-77(42-57(86)87)27-29-79(44-59(90)91)30-28-78(26-24-76)43-58(88)89/h5-6,10-11,14-17,36-37,53,60,82H,2-4,7-9,12-13,18-35,38-44H2,1H3,(H,68,84)(H,69,83)(H,72,92)(H,73,93)(H,86,87)(H,88,89)(H,90,91)(H4,67,70,71,74,94)/t53-,60+/m1/s1. The van der Waals surface area contributed by atoms with E-state index in [4.69, 9.17) is 10.5 Å². The molecule has 0 unspecified atom stereocenters. The SMILES string of the molecule is CCC(=O)NCCNC(=O)/N=C(/N)NCCC[C@@H](NC(=O)[C@H](c1ccc(OCCCN2CCN(C(=O)CCCCCNC(=O)CN3CCN(CC(=O)O)CCN(CC(=O)O)CCN(CC(=O)O)CC3)CC2)cc1)N1Cc2ccccc2C1)C(=O)NCc1c(F)cc(O)cc1F. The van der Waals surface area contributed by atoms with Gasteiger partial charge in [-0.25, -0.2) is 13.6 Å². The Morgan fingerprint density at radius 1 is 0.589 bits per heavy atom. The van der Waals surface area contributed by atoms with Crippen molar-refractivity contribution in [2.24, 2.45) is 10.7 Å². The molecule has 2 fully saturated rings. The molecule has 2 atom stereocenters. The number of urea groups is 1. The fraction of sp³-hybridized carbons (Fsp3) is 0.562. The van der Waals surface area contributed by atoms with Crippen molar-refractivity contribution in [3.8, 4) is 11.5 Å². The number of nitrogens with zero attached hydrogens (tertiary/aromatic N) is 8. The van der Waals surface area contributed by atoms with E-state index in [0.717, 1.165) is 36.2 Å². The first-order valence-electron chi connectivity index (χ1n) is 32.4. The van der Waals surface area contributed by atoms with Gasteiger partial charge in [-0.2, -0.15) is 4.99 Å². The highest BCUT2D eigenvalue weighted by molar-refractivity contribution is 5.92. The van der Waals surface area contributed by atoms with Crippen molar-refractivity contribution in [1.29, 1.82) is 0 Å². The molecule has 95 heavy (non-hydrogen) atoms. The van der Waals surface area contributed by atoms with Crippen LogP contribution >= 0.6 is 0 Å². The fourth-order valence-electron chi connectivity index (χ4n) is 11.3. The number of carbonyl (C=O) groups is 9. The van der Waals surface area contributed by atoms with Crippen molar-refractivity contribution < 1.29 is 77.1 Å². The molecular weight excluding hydrogens is 1240 g/mol. The van der Waals surface area contributed by atoms with Crippen LogP contribution in [0.5, 0.6) is 11.5 Å². The lowest BCUT2D eigenvalue weighted by Gasteiger charge is -2.34. The summed E-state index contributed by atoms with van der Waals surface area (Å²) in [6.45, 7) is 8.14. The largest absolute Gasteiger partial charge is 0.508 e. The van der Waals surface area contributed by atoms with Crippen molar-refractivity contribution in [2.45, 2.75) is 90.0 Å². The Balaban J connectivity index is 0.937. The Morgan fingerprint density at radius 3 is 1.67 bits per heavy atom. The number of nitrogens with one attached hydrogen (secondary N) is 6. The van der Waals surface area contributed by atoms with Gasteiger partial charge >= 0.3 is 23.9 Å². The second-order valence-electron chi connectivity index (χ2n) is 23.7. The molecule has 3 aromatic rings. The Labute approximate surface area is 551 Å². The van der Waals surface area contributed by atoms with Crippen LogP contribution in [0.15, 0.2) is 65.7 Å². The first kappa shape index (κ1) is 75.4. The van der Waals surface area contributed by atoms with Gasteiger partial charge in [0.25, 0.3) is 0 Å². The number of fused-ring (bicyclic) bond motifs is 1. The van der Waals surface area contributed by atoms with Gasteiger partial charge in [0.2, 0.25) is 29.5 Å². The van der Waals surface area contributed by atoms with E-state index in [-0.39, 0.29) is 109 Å². The minimum absolute atomic E-state index is 0.0119. The molecule has 3 aliphatic heterocycles. The van der Waals surface area contributed by atoms with Gasteiger partial charge in [-0.1, -0.05) is 49.7 Å². The molecule has 29 nitrogen and oxygen atoms in total. The fourth-order valence-corrected chi connectivity index (χ4v) is 11.3. The highest BCUT2D eigenvalue weighted by atomic mass is 19.1. The van der Waals surface area contributed by atoms with Gasteiger partial charge in [0.1, 0.15) is 35.2 Å². The summed E-state index contributed by atoms with van der Waals surface area (Å²) >= 11 is 0. The van der Waals surface area contributed by atoms with Crippen LogP contribution in [-0.4, -0.2) is 264 Å². The van der Waals surface area contributed by atoms with Gasteiger partial charge in [-0.15, -0.1) is 0 Å². The van der Waals surface area contributed by atoms with E-state index in [0.29, 0.717) is 122 Å². The number of hydrogen-bond acceptors (Lipinski definition) is 17. The number of aromatic hydroxyl groups is 1. The summed E-state index contributed by atoms with van der Waals surface area (Å²) in [5, 5.41) is 54.4. The van der Waals surface area contributed by atoms with E-state index in [1.165, 1.54) is 0 Å². The third kappa shape index (κ3) is 27.3. The van der Waals surface area contributed by atoms with Crippen molar-refractivity contribution >= 4 is 59.4 Å². The molecule has 0 aliphatic carbocycles. The van der Waals surface area contributed by atoms with E-state index < -0.39 is 77.3 Å². The lowest BCUT2D eigenvalue weighted by atomic mass is 10.0. The van der Waals surface area contributed by atoms with Crippen LogP contribution in [0.1, 0.15) is 86.6 Å². The number of benzene rings is 3. The molecule has 0 saturated carbocycles. The van der Waals surface area contributed by atoms with Crippen LogP contribution in [0.2, 0.25) is 0 Å². The summed E-state index contributed by atoms with van der Waals surface area (Å²) < 4.78 is 35.7. The second-order valence-corrected chi connectivity index (χ2v) is 23.7. The molecule has 3 aromatic carbocycles. The van der Waals surface area contributed by atoms with Gasteiger partial charge in [0, 0.05) is 161 Å². The van der Waals surface area contributed by atoms with Crippen molar-refractivity contribution in [3.05, 3.63) is 94.6 Å². The molecule has 12 N–H and O–H groups in total.